The molecule has 0 aliphatic carbocycles. The van der Waals surface area contributed by atoms with Crippen LogP contribution in [0.4, 0.5) is 0 Å². The first-order chi connectivity index (χ1) is 10.6. The van der Waals surface area contributed by atoms with Gasteiger partial charge in [0.1, 0.15) is 0 Å². The Labute approximate surface area is 140 Å². The molecule has 0 bridgehead atoms. The molecule has 1 amide bonds. The van der Waals surface area contributed by atoms with Crippen molar-refractivity contribution in [1.29, 1.82) is 0 Å². The third kappa shape index (κ3) is 13.4. The van der Waals surface area contributed by atoms with E-state index in [9.17, 15) is 4.79 Å². The van der Waals surface area contributed by atoms with Crippen LogP contribution in [0, 0.1) is 5.92 Å². The second-order valence-corrected chi connectivity index (χ2v) is 6.69. The fourth-order valence-electron chi connectivity index (χ4n) is 2.18. The highest BCUT2D eigenvalue weighted by atomic mass is 32.2. The van der Waals surface area contributed by atoms with Crippen LogP contribution in [0.2, 0.25) is 0 Å². The Bertz CT molecular complexity index is 256. The molecule has 1 rings (SSSR count). The zero-order valence-electron chi connectivity index (χ0n) is 14.7. The Morgan fingerprint density at radius 3 is 2.77 bits per heavy atom. The summed E-state index contributed by atoms with van der Waals surface area (Å²) in [5.41, 5.74) is 0. The lowest BCUT2D eigenvalue weighted by Gasteiger charge is -2.32. The fraction of sp³-hybridized carbons (Fsp3) is 0.938. The van der Waals surface area contributed by atoms with Crippen LogP contribution in [0.3, 0.4) is 0 Å². The van der Waals surface area contributed by atoms with Gasteiger partial charge in [-0.05, 0) is 31.3 Å². The van der Waals surface area contributed by atoms with E-state index in [-0.39, 0.29) is 6.10 Å². The SMILES string of the molecule is CC(C)CCCOCCN1CCOC(CNC=O)C1.CSC. The van der Waals surface area contributed by atoms with E-state index in [1.807, 2.05) is 12.5 Å². The second-order valence-electron chi connectivity index (χ2n) is 5.88. The number of hydrogen-bond donors (Lipinski definition) is 1. The number of hydrogen-bond acceptors (Lipinski definition) is 5. The van der Waals surface area contributed by atoms with Crippen molar-refractivity contribution in [3.05, 3.63) is 0 Å². The summed E-state index contributed by atoms with van der Waals surface area (Å²) in [7, 11) is 0. The summed E-state index contributed by atoms with van der Waals surface area (Å²) in [4.78, 5) is 12.6. The Morgan fingerprint density at radius 1 is 1.41 bits per heavy atom. The van der Waals surface area contributed by atoms with E-state index in [0.717, 1.165) is 58.2 Å². The highest BCUT2D eigenvalue weighted by Gasteiger charge is 2.19. The quantitative estimate of drug-likeness (QED) is 0.488. The van der Waals surface area contributed by atoms with Crippen LogP contribution in [0.5, 0.6) is 0 Å². The monoisotopic (exact) mass is 334 g/mol. The maximum Gasteiger partial charge on any atom is 0.207 e. The molecule has 1 fully saturated rings. The van der Waals surface area contributed by atoms with Gasteiger partial charge in [0.05, 0.1) is 19.3 Å². The molecule has 1 atom stereocenters. The molecule has 1 N–H and O–H groups in total. The molecule has 0 aromatic carbocycles. The minimum atomic E-state index is 0.111. The predicted molar refractivity (Wildman–Crippen MR) is 94.6 cm³/mol. The maximum atomic E-state index is 10.2. The zero-order valence-corrected chi connectivity index (χ0v) is 15.5. The number of carbonyl (C=O) groups excluding carboxylic acids is 1. The minimum absolute atomic E-state index is 0.111. The van der Waals surface area contributed by atoms with Crippen LogP contribution < -0.4 is 5.32 Å². The number of carbonyl (C=O) groups is 1. The lowest BCUT2D eigenvalue weighted by molar-refractivity contribution is -0.110. The van der Waals surface area contributed by atoms with Gasteiger partial charge in [0, 0.05) is 32.8 Å². The van der Waals surface area contributed by atoms with Crippen molar-refractivity contribution in [2.24, 2.45) is 5.92 Å². The Kier molecular flexibility index (Phi) is 15.4. The van der Waals surface area contributed by atoms with Gasteiger partial charge in [-0.3, -0.25) is 9.69 Å². The van der Waals surface area contributed by atoms with Crippen LogP contribution >= 0.6 is 11.8 Å². The molecule has 132 valence electrons. The fourth-order valence-corrected chi connectivity index (χ4v) is 2.18. The molecule has 0 spiro atoms. The van der Waals surface area contributed by atoms with Crippen molar-refractivity contribution in [1.82, 2.24) is 10.2 Å². The summed E-state index contributed by atoms with van der Waals surface area (Å²) in [6.07, 6.45) is 7.30. The van der Waals surface area contributed by atoms with Gasteiger partial charge >= 0.3 is 0 Å². The van der Waals surface area contributed by atoms with Gasteiger partial charge in [-0.25, -0.2) is 0 Å². The van der Waals surface area contributed by atoms with Gasteiger partial charge in [-0.15, -0.1) is 0 Å². The van der Waals surface area contributed by atoms with Gasteiger partial charge in [-0.1, -0.05) is 13.8 Å². The Hall–Kier alpha value is -0.300. The summed E-state index contributed by atoms with van der Waals surface area (Å²) in [5.74, 6) is 0.758. The highest BCUT2D eigenvalue weighted by Crippen LogP contribution is 2.05. The first kappa shape index (κ1) is 21.7. The summed E-state index contributed by atoms with van der Waals surface area (Å²) in [6, 6.07) is 0. The van der Waals surface area contributed by atoms with E-state index in [1.54, 1.807) is 11.8 Å². The molecule has 1 heterocycles. The van der Waals surface area contributed by atoms with E-state index < -0.39 is 0 Å². The second kappa shape index (κ2) is 15.6. The van der Waals surface area contributed by atoms with Crippen molar-refractivity contribution >= 4 is 18.2 Å². The van der Waals surface area contributed by atoms with E-state index >= 15 is 0 Å². The van der Waals surface area contributed by atoms with E-state index in [2.05, 4.69) is 24.1 Å². The van der Waals surface area contributed by atoms with Crippen LogP contribution in [0.15, 0.2) is 0 Å². The molecule has 0 aromatic rings. The number of thioether (sulfide) groups is 1. The van der Waals surface area contributed by atoms with E-state index in [0.29, 0.717) is 6.54 Å². The largest absolute Gasteiger partial charge is 0.380 e. The molecule has 1 aliphatic rings. The molecule has 0 saturated carbocycles. The van der Waals surface area contributed by atoms with Gasteiger partial charge in [0.15, 0.2) is 0 Å². The van der Waals surface area contributed by atoms with Crippen LogP contribution in [0.1, 0.15) is 26.7 Å². The number of rotatable bonds is 10. The molecule has 0 aromatic heterocycles. The smallest absolute Gasteiger partial charge is 0.207 e. The van der Waals surface area contributed by atoms with Crippen molar-refractivity contribution < 1.29 is 14.3 Å². The Morgan fingerprint density at radius 2 is 2.14 bits per heavy atom. The highest BCUT2D eigenvalue weighted by molar-refractivity contribution is 7.97. The van der Waals surface area contributed by atoms with Crippen LogP contribution in [0.25, 0.3) is 0 Å². The molecular formula is C16H34N2O3S. The average Bonchev–Trinajstić information content (AvgIpc) is 2.49. The Balaban J connectivity index is 0.00000135. The number of ether oxygens (including phenoxy) is 2. The van der Waals surface area contributed by atoms with Crippen LogP contribution in [-0.2, 0) is 14.3 Å². The number of nitrogens with one attached hydrogen (secondary N) is 1. The van der Waals surface area contributed by atoms with E-state index in [1.165, 1.54) is 6.42 Å². The lowest BCUT2D eigenvalue weighted by Crippen LogP contribution is -2.47. The molecule has 22 heavy (non-hydrogen) atoms. The number of morpholine rings is 1. The summed E-state index contributed by atoms with van der Waals surface area (Å²) >= 11 is 1.75. The van der Waals surface area contributed by atoms with E-state index in [4.69, 9.17) is 9.47 Å². The molecule has 5 nitrogen and oxygen atoms in total. The lowest BCUT2D eigenvalue weighted by atomic mass is 10.1. The molecule has 6 heteroatoms. The van der Waals surface area contributed by atoms with Crippen molar-refractivity contribution in [2.45, 2.75) is 32.8 Å². The summed E-state index contributed by atoms with van der Waals surface area (Å²) < 4.78 is 11.2. The summed E-state index contributed by atoms with van der Waals surface area (Å²) in [6.45, 7) is 10.2. The minimum Gasteiger partial charge on any atom is -0.380 e. The number of nitrogens with zero attached hydrogens (tertiary/aromatic N) is 1. The zero-order chi connectivity index (χ0) is 16.6. The van der Waals surface area contributed by atoms with Gasteiger partial charge in [-0.2, -0.15) is 11.8 Å². The molecule has 0 radical (unpaired) electrons. The van der Waals surface area contributed by atoms with Crippen LogP contribution in [-0.4, -0.2) is 75.9 Å². The van der Waals surface area contributed by atoms with Crippen molar-refractivity contribution in [2.75, 3.05) is 58.5 Å². The van der Waals surface area contributed by atoms with Crippen molar-refractivity contribution in [3.63, 3.8) is 0 Å². The standard InChI is InChI=1S/C14H28N2O3.C2H6S/c1-13(2)4-3-7-18-8-5-16-6-9-19-14(11-16)10-15-12-17;1-3-2/h12-14H,3-11H2,1-2H3,(H,15,17);1-2H3. The third-order valence-electron chi connectivity index (χ3n) is 3.27. The predicted octanol–water partition coefficient (Wildman–Crippen LogP) is 1.87. The molecule has 1 aliphatic heterocycles. The first-order valence-corrected chi connectivity index (χ1v) is 9.76. The van der Waals surface area contributed by atoms with Gasteiger partial charge < -0.3 is 14.8 Å². The van der Waals surface area contributed by atoms with Gasteiger partial charge in [0.2, 0.25) is 6.41 Å². The number of amides is 1. The third-order valence-corrected chi connectivity index (χ3v) is 3.27. The van der Waals surface area contributed by atoms with Crippen molar-refractivity contribution in [3.8, 4) is 0 Å². The first-order valence-electron chi connectivity index (χ1n) is 8.12. The van der Waals surface area contributed by atoms with Gasteiger partial charge in [0.25, 0.3) is 0 Å². The summed E-state index contributed by atoms with van der Waals surface area (Å²) in [5, 5.41) is 2.67. The molecular weight excluding hydrogens is 300 g/mol. The topological polar surface area (TPSA) is 50.8 Å². The molecule has 1 unspecified atom stereocenters. The molecule has 1 saturated heterocycles. The average molecular weight is 335 g/mol. The normalized spacial score (nSPS) is 18.7. The maximum absolute atomic E-state index is 10.2.